The van der Waals surface area contributed by atoms with E-state index < -0.39 is 5.97 Å². The minimum atomic E-state index is -0.806. The first kappa shape index (κ1) is 14.7. The summed E-state index contributed by atoms with van der Waals surface area (Å²) in [5.41, 5.74) is 1.82. The molecular weight excluding hydrogens is 250 g/mol. The molecule has 3 nitrogen and oxygen atoms in total. The second kappa shape index (κ2) is 7.19. The van der Waals surface area contributed by atoms with Crippen LogP contribution in [-0.2, 0) is 11.2 Å². The predicted molar refractivity (Wildman–Crippen MR) is 74.1 cm³/mol. The summed E-state index contributed by atoms with van der Waals surface area (Å²) in [6, 6.07) is 10.8. The van der Waals surface area contributed by atoms with Gasteiger partial charge >= 0.3 is 5.97 Å². The number of carbonyl (C=O) groups is 1. The van der Waals surface area contributed by atoms with E-state index in [4.69, 9.17) is 5.11 Å². The van der Waals surface area contributed by atoms with Gasteiger partial charge in [-0.2, -0.15) is 0 Å². The van der Waals surface area contributed by atoms with Crippen molar-refractivity contribution in [3.63, 3.8) is 0 Å². The van der Waals surface area contributed by atoms with Gasteiger partial charge in [-0.05, 0) is 24.8 Å². The van der Waals surface area contributed by atoms with Crippen molar-refractivity contribution in [1.82, 2.24) is 5.32 Å². The fourth-order valence-electron chi connectivity index (χ4n) is 2.06. The zero-order valence-corrected chi connectivity index (χ0v) is 11.0. The lowest BCUT2D eigenvalue weighted by molar-refractivity contribution is -0.132. The lowest BCUT2D eigenvalue weighted by Gasteiger charge is -2.22. The highest BCUT2D eigenvalue weighted by molar-refractivity contribution is 5.87. The van der Waals surface area contributed by atoms with Crippen molar-refractivity contribution in [2.45, 2.75) is 25.3 Å². The minimum Gasteiger partial charge on any atom is -0.478 e. The summed E-state index contributed by atoms with van der Waals surface area (Å²) in [6.07, 6.45) is 4.74. The molecule has 0 bridgehead atoms. The number of rotatable bonds is 4. The molecule has 1 unspecified atom stereocenters. The first-order valence-electron chi connectivity index (χ1n) is 5.95. The monoisotopic (exact) mass is 267 g/mol. The van der Waals surface area contributed by atoms with E-state index in [1.807, 2.05) is 24.3 Å². The van der Waals surface area contributed by atoms with Crippen molar-refractivity contribution >= 4 is 18.4 Å². The van der Waals surface area contributed by atoms with Crippen LogP contribution in [0.1, 0.15) is 18.4 Å². The van der Waals surface area contributed by atoms with Crippen LogP contribution < -0.4 is 5.32 Å². The molecule has 0 radical (unpaired) electrons. The van der Waals surface area contributed by atoms with E-state index in [0.29, 0.717) is 18.2 Å². The quantitative estimate of drug-likeness (QED) is 0.881. The molecule has 4 heteroatoms. The van der Waals surface area contributed by atoms with Crippen molar-refractivity contribution in [3.05, 3.63) is 47.5 Å². The summed E-state index contributed by atoms with van der Waals surface area (Å²) in [4.78, 5) is 10.7. The summed E-state index contributed by atoms with van der Waals surface area (Å²) >= 11 is 0. The SMILES string of the molecule is Cl.O=C(O)C1=CCC(CCc2ccccc2)NC1. The van der Waals surface area contributed by atoms with Crippen molar-refractivity contribution < 1.29 is 9.90 Å². The lowest BCUT2D eigenvalue weighted by Crippen LogP contribution is -2.35. The van der Waals surface area contributed by atoms with Crippen LogP contribution in [0.2, 0.25) is 0 Å². The van der Waals surface area contributed by atoms with Crippen LogP contribution in [0.25, 0.3) is 0 Å². The zero-order valence-electron chi connectivity index (χ0n) is 10.1. The Morgan fingerprint density at radius 2 is 2.06 bits per heavy atom. The Morgan fingerprint density at radius 3 is 2.61 bits per heavy atom. The summed E-state index contributed by atoms with van der Waals surface area (Å²) in [5, 5.41) is 12.1. The van der Waals surface area contributed by atoms with E-state index in [2.05, 4.69) is 17.4 Å². The highest BCUT2D eigenvalue weighted by Gasteiger charge is 2.16. The summed E-state index contributed by atoms with van der Waals surface area (Å²) < 4.78 is 0. The van der Waals surface area contributed by atoms with Crippen molar-refractivity contribution in [1.29, 1.82) is 0 Å². The third-order valence-corrected chi connectivity index (χ3v) is 3.13. The average molecular weight is 268 g/mol. The summed E-state index contributed by atoms with van der Waals surface area (Å²) in [5.74, 6) is -0.806. The van der Waals surface area contributed by atoms with E-state index in [1.165, 1.54) is 5.56 Å². The Balaban J connectivity index is 0.00000162. The summed E-state index contributed by atoms with van der Waals surface area (Å²) in [6.45, 7) is 0.481. The number of nitrogens with one attached hydrogen (secondary N) is 1. The van der Waals surface area contributed by atoms with Gasteiger partial charge in [0.2, 0.25) is 0 Å². The van der Waals surface area contributed by atoms with Gasteiger partial charge in [-0.1, -0.05) is 36.4 Å². The highest BCUT2D eigenvalue weighted by atomic mass is 35.5. The van der Waals surface area contributed by atoms with Gasteiger partial charge in [-0.15, -0.1) is 12.4 Å². The molecule has 0 aliphatic carbocycles. The number of aryl methyl sites for hydroxylation is 1. The van der Waals surface area contributed by atoms with Gasteiger partial charge in [0.15, 0.2) is 0 Å². The number of aliphatic carboxylic acids is 1. The smallest absolute Gasteiger partial charge is 0.332 e. The van der Waals surface area contributed by atoms with Crippen LogP contribution in [0.4, 0.5) is 0 Å². The molecule has 98 valence electrons. The van der Waals surface area contributed by atoms with Gasteiger partial charge in [-0.3, -0.25) is 0 Å². The van der Waals surface area contributed by atoms with Crippen molar-refractivity contribution in [3.8, 4) is 0 Å². The number of hydrogen-bond donors (Lipinski definition) is 2. The fraction of sp³-hybridized carbons (Fsp3) is 0.357. The van der Waals surface area contributed by atoms with Crippen LogP contribution in [0, 0.1) is 0 Å². The molecule has 1 aliphatic heterocycles. The van der Waals surface area contributed by atoms with Gasteiger partial charge in [0.05, 0.1) is 0 Å². The molecule has 0 aromatic heterocycles. The predicted octanol–water partition coefficient (Wildman–Crippen LogP) is 2.41. The normalized spacial score (nSPS) is 18.7. The van der Waals surface area contributed by atoms with E-state index in [1.54, 1.807) is 0 Å². The van der Waals surface area contributed by atoms with Crippen LogP contribution in [-0.4, -0.2) is 23.7 Å². The number of carboxylic acid groups (broad SMARTS) is 1. The average Bonchev–Trinajstić information content (AvgIpc) is 2.38. The molecule has 2 rings (SSSR count). The third-order valence-electron chi connectivity index (χ3n) is 3.13. The first-order chi connectivity index (χ1) is 8.25. The Morgan fingerprint density at radius 1 is 1.33 bits per heavy atom. The maximum absolute atomic E-state index is 10.7. The van der Waals surface area contributed by atoms with Gasteiger partial charge < -0.3 is 10.4 Å². The Labute approximate surface area is 113 Å². The van der Waals surface area contributed by atoms with Crippen LogP contribution in [0.15, 0.2) is 42.0 Å². The van der Waals surface area contributed by atoms with Gasteiger partial charge in [-0.25, -0.2) is 4.79 Å². The molecule has 1 aliphatic rings. The maximum Gasteiger partial charge on any atom is 0.332 e. The number of benzene rings is 1. The molecule has 0 saturated carbocycles. The topological polar surface area (TPSA) is 49.3 Å². The highest BCUT2D eigenvalue weighted by Crippen LogP contribution is 2.12. The molecular formula is C14H18ClNO2. The van der Waals surface area contributed by atoms with Crippen LogP contribution in [0.5, 0.6) is 0 Å². The maximum atomic E-state index is 10.7. The zero-order chi connectivity index (χ0) is 12.1. The van der Waals surface area contributed by atoms with E-state index >= 15 is 0 Å². The molecule has 1 aromatic carbocycles. The fourth-order valence-corrected chi connectivity index (χ4v) is 2.06. The molecule has 18 heavy (non-hydrogen) atoms. The van der Waals surface area contributed by atoms with E-state index in [9.17, 15) is 4.79 Å². The molecule has 0 saturated heterocycles. The van der Waals surface area contributed by atoms with Crippen molar-refractivity contribution in [2.75, 3.05) is 6.54 Å². The second-order valence-electron chi connectivity index (χ2n) is 4.37. The standard InChI is InChI=1S/C14H17NO2.ClH/c16-14(17)12-7-9-13(15-10-12)8-6-11-4-2-1-3-5-11;/h1-5,7,13,15H,6,8-10H2,(H,16,17);1H. The van der Waals surface area contributed by atoms with Crippen LogP contribution in [0.3, 0.4) is 0 Å². The molecule has 0 amide bonds. The van der Waals surface area contributed by atoms with Gasteiger partial charge in [0.1, 0.15) is 0 Å². The largest absolute Gasteiger partial charge is 0.478 e. The second-order valence-corrected chi connectivity index (χ2v) is 4.37. The Kier molecular flexibility index (Phi) is 5.89. The third kappa shape index (κ3) is 4.17. The molecule has 1 atom stereocenters. The molecule has 0 fully saturated rings. The molecule has 0 spiro atoms. The Hall–Kier alpha value is -1.32. The number of hydrogen-bond acceptors (Lipinski definition) is 2. The van der Waals surface area contributed by atoms with Crippen LogP contribution >= 0.6 is 12.4 Å². The van der Waals surface area contributed by atoms with E-state index in [0.717, 1.165) is 19.3 Å². The summed E-state index contributed by atoms with van der Waals surface area (Å²) in [7, 11) is 0. The lowest BCUT2D eigenvalue weighted by atomic mass is 9.99. The first-order valence-corrected chi connectivity index (χ1v) is 5.95. The number of carboxylic acids is 1. The minimum absolute atomic E-state index is 0. The molecule has 1 aromatic rings. The molecule has 2 N–H and O–H groups in total. The Bertz CT molecular complexity index is 417. The van der Waals surface area contributed by atoms with Gasteiger partial charge in [0.25, 0.3) is 0 Å². The molecule has 1 heterocycles. The van der Waals surface area contributed by atoms with Crippen molar-refractivity contribution in [2.24, 2.45) is 0 Å². The van der Waals surface area contributed by atoms with E-state index in [-0.39, 0.29) is 12.4 Å². The number of halogens is 1. The van der Waals surface area contributed by atoms with Gasteiger partial charge in [0, 0.05) is 18.2 Å².